The van der Waals surface area contributed by atoms with Gasteiger partial charge >= 0.3 is 0 Å². The molecular formula is C15H18N2O. The summed E-state index contributed by atoms with van der Waals surface area (Å²) in [7, 11) is 1.84. The van der Waals surface area contributed by atoms with Crippen molar-refractivity contribution in [2.24, 2.45) is 7.05 Å². The quantitative estimate of drug-likeness (QED) is 0.772. The lowest BCUT2D eigenvalue weighted by Gasteiger charge is -2.06. The van der Waals surface area contributed by atoms with Crippen LogP contribution in [0.2, 0.25) is 0 Å². The summed E-state index contributed by atoms with van der Waals surface area (Å²) < 4.78 is 1.77. The van der Waals surface area contributed by atoms with E-state index < -0.39 is 0 Å². The fourth-order valence-electron chi connectivity index (χ4n) is 2.21. The number of nitrogens with zero attached hydrogens (tertiary/aromatic N) is 2. The lowest BCUT2D eigenvalue weighted by atomic mass is 10.0. The number of rotatable bonds is 4. The SMILES string of the molecule is Cc1ccc(CCc2ncn(C)c2C=O)c(C)c1. The summed E-state index contributed by atoms with van der Waals surface area (Å²) in [6.07, 6.45) is 4.30. The highest BCUT2D eigenvalue weighted by Gasteiger charge is 2.08. The third-order valence-electron chi connectivity index (χ3n) is 3.30. The van der Waals surface area contributed by atoms with Crippen LogP contribution in [0.5, 0.6) is 0 Å². The van der Waals surface area contributed by atoms with Crippen LogP contribution in [0, 0.1) is 13.8 Å². The van der Waals surface area contributed by atoms with Crippen LogP contribution in [0.4, 0.5) is 0 Å². The summed E-state index contributed by atoms with van der Waals surface area (Å²) in [6.45, 7) is 4.22. The average molecular weight is 242 g/mol. The predicted molar refractivity (Wildman–Crippen MR) is 71.9 cm³/mol. The molecule has 0 saturated carbocycles. The number of hydrogen-bond acceptors (Lipinski definition) is 2. The van der Waals surface area contributed by atoms with E-state index in [2.05, 4.69) is 37.0 Å². The Morgan fingerprint density at radius 2 is 2.06 bits per heavy atom. The van der Waals surface area contributed by atoms with Gasteiger partial charge in [-0.05, 0) is 37.8 Å². The molecule has 94 valence electrons. The maximum absolute atomic E-state index is 11.0. The summed E-state index contributed by atoms with van der Waals surface area (Å²) in [5.74, 6) is 0. The first kappa shape index (κ1) is 12.6. The Hall–Kier alpha value is -1.90. The van der Waals surface area contributed by atoms with E-state index in [1.807, 2.05) is 7.05 Å². The predicted octanol–water partition coefficient (Wildman–Crippen LogP) is 2.63. The Morgan fingerprint density at radius 1 is 1.28 bits per heavy atom. The maximum Gasteiger partial charge on any atom is 0.168 e. The molecule has 0 unspecified atom stereocenters. The average Bonchev–Trinajstić information content (AvgIpc) is 2.69. The number of carbonyl (C=O) groups is 1. The first-order valence-electron chi connectivity index (χ1n) is 6.13. The second kappa shape index (κ2) is 5.17. The number of carbonyl (C=O) groups excluding carboxylic acids is 1. The highest BCUT2D eigenvalue weighted by molar-refractivity contribution is 5.73. The molecule has 1 aromatic carbocycles. The monoisotopic (exact) mass is 242 g/mol. The van der Waals surface area contributed by atoms with Crippen molar-refractivity contribution >= 4 is 6.29 Å². The summed E-state index contributed by atoms with van der Waals surface area (Å²) in [4.78, 5) is 15.3. The largest absolute Gasteiger partial charge is 0.331 e. The number of aldehydes is 1. The lowest BCUT2D eigenvalue weighted by Crippen LogP contribution is -2.00. The highest BCUT2D eigenvalue weighted by atomic mass is 16.1. The van der Waals surface area contributed by atoms with Crippen molar-refractivity contribution in [3.8, 4) is 0 Å². The second-order valence-corrected chi connectivity index (χ2v) is 4.74. The van der Waals surface area contributed by atoms with Crippen molar-refractivity contribution in [2.75, 3.05) is 0 Å². The molecular weight excluding hydrogens is 224 g/mol. The molecule has 2 aromatic rings. The van der Waals surface area contributed by atoms with Crippen LogP contribution in [0.25, 0.3) is 0 Å². The molecule has 3 nitrogen and oxygen atoms in total. The molecule has 1 aromatic heterocycles. The van der Waals surface area contributed by atoms with Gasteiger partial charge < -0.3 is 4.57 Å². The van der Waals surface area contributed by atoms with Gasteiger partial charge in [0.15, 0.2) is 6.29 Å². The zero-order valence-electron chi connectivity index (χ0n) is 11.1. The van der Waals surface area contributed by atoms with E-state index in [4.69, 9.17) is 0 Å². The zero-order chi connectivity index (χ0) is 13.1. The molecule has 0 bridgehead atoms. The maximum atomic E-state index is 11.0. The van der Waals surface area contributed by atoms with Crippen molar-refractivity contribution in [3.05, 3.63) is 52.6 Å². The standard InChI is InChI=1S/C15H18N2O/c1-11-4-5-13(12(2)8-11)6-7-14-15(9-18)17(3)10-16-14/h4-5,8-10H,6-7H2,1-3H3. The van der Waals surface area contributed by atoms with Gasteiger partial charge in [0.25, 0.3) is 0 Å². The van der Waals surface area contributed by atoms with Gasteiger partial charge in [-0.25, -0.2) is 4.98 Å². The van der Waals surface area contributed by atoms with Gasteiger partial charge in [-0.3, -0.25) is 4.79 Å². The van der Waals surface area contributed by atoms with E-state index in [1.165, 1.54) is 16.7 Å². The van der Waals surface area contributed by atoms with Crippen molar-refractivity contribution in [3.63, 3.8) is 0 Å². The minimum absolute atomic E-state index is 0.680. The van der Waals surface area contributed by atoms with Crippen molar-refractivity contribution in [2.45, 2.75) is 26.7 Å². The third kappa shape index (κ3) is 2.50. The number of aromatic nitrogens is 2. The minimum atomic E-state index is 0.680. The Labute approximate surface area is 107 Å². The number of aryl methyl sites for hydroxylation is 5. The van der Waals surface area contributed by atoms with Crippen LogP contribution in [0.3, 0.4) is 0 Å². The Kier molecular flexibility index (Phi) is 3.60. The van der Waals surface area contributed by atoms with Gasteiger partial charge in [0.2, 0.25) is 0 Å². The van der Waals surface area contributed by atoms with Crippen LogP contribution >= 0.6 is 0 Å². The molecule has 1 heterocycles. The van der Waals surface area contributed by atoms with Crippen LogP contribution in [-0.2, 0) is 19.9 Å². The number of hydrogen-bond donors (Lipinski definition) is 0. The van der Waals surface area contributed by atoms with Crippen LogP contribution in [0.15, 0.2) is 24.5 Å². The summed E-state index contributed by atoms with van der Waals surface area (Å²) in [5, 5.41) is 0. The van der Waals surface area contributed by atoms with Crippen LogP contribution in [0.1, 0.15) is 32.9 Å². The van der Waals surface area contributed by atoms with E-state index in [-0.39, 0.29) is 0 Å². The highest BCUT2D eigenvalue weighted by Crippen LogP contribution is 2.14. The number of benzene rings is 1. The molecule has 0 N–H and O–H groups in total. The molecule has 0 aliphatic rings. The normalized spacial score (nSPS) is 10.6. The fraction of sp³-hybridized carbons (Fsp3) is 0.333. The van der Waals surface area contributed by atoms with Crippen LogP contribution < -0.4 is 0 Å². The Bertz CT molecular complexity index is 570. The lowest BCUT2D eigenvalue weighted by molar-refractivity contribution is 0.111. The van der Waals surface area contributed by atoms with E-state index in [0.29, 0.717) is 5.69 Å². The molecule has 2 rings (SSSR count). The fourth-order valence-corrected chi connectivity index (χ4v) is 2.21. The van der Waals surface area contributed by atoms with Gasteiger partial charge in [-0.15, -0.1) is 0 Å². The Morgan fingerprint density at radius 3 is 2.72 bits per heavy atom. The van der Waals surface area contributed by atoms with E-state index in [9.17, 15) is 4.79 Å². The van der Waals surface area contributed by atoms with Crippen molar-refractivity contribution in [1.82, 2.24) is 9.55 Å². The molecule has 0 amide bonds. The van der Waals surface area contributed by atoms with Gasteiger partial charge in [-0.2, -0.15) is 0 Å². The second-order valence-electron chi connectivity index (χ2n) is 4.74. The first-order valence-corrected chi connectivity index (χ1v) is 6.13. The van der Waals surface area contributed by atoms with E-state index in [0.717, 1.165) is 24.8 Å². The summed E-state index contributed by atoms with van der Waals surface area (Å²) in [5.41, 5.74) is 5.47. The van der Waals surface area contributed by atoms with Gasteiger partial charge in [0.05, 0.1) is 12.0 Å². The van der Waals surface area contributed by atoms with Gasteiger partial charge in [0, 0.05) is 7.05 Å². The Balaban J connectivity index is 2.14. The molecule has 3 heteroatoms. The molecule has 0 atom stereocenters. The molecule has 0 aliphatic carbocycles. The van der Waals surface area contributed by atoms with E-state index in [1.54, 1.807) is 10.9 Å². The van der Waals surface area contributed by atoms with Gasteiger partial charge in [-0.1, -0.05) is 23.8 Å². The van der Waals surface area contributed by atoms with Crippen molar-refractivity contribution in [1.29, 1.82) is 0 Å². The smallest absolute Gasteiger partial charge is 0.168 e. The van der Waals surface area contributed by atoms with Crippen molar-refractivity contribution < 1.29 is 4.79 Å². The van der Waals surface area contributed by atoms with Crippen LogP contribution in [-0.4, -0.2) is 15.8 Å². The molecule has 0 aliphatic heterocycles. The van der Waals surface area contributed by atoms with E-state index >= 15 is 0 Å². The summed E-state index contributed by atoms with van der Waals surface area (Å²) in [6, 6.07) is 6.48. The topological polar surface area (TPSA) is 34.9 Å². The molecule has 0 spiro atoms. The molecule has 18 heavy (non-hydrogen) atoms. The first-order chi connectivity index (χ1) is 8.61. The minimum Gasteiger partial charge on any atom is -0.331 e. The molecule has 0 fully saturated rings. The molecule has 0 radical (unpaired) electrons. The van der Waals surface area contributed by atoms with Gasteiger partial charge in [0.1, 0.15) is 5.69 Å². The third-order valence-corrected chi connectivity index (χ3v) is 3.30. The molecule has 0 saturated heterocycles. The summed E-state index contributed by atoms with van der Waals surface area (Å²) >= 11 is 0. The zero-order valence-corrected chi connectivity index (χ0v) is 11.1. The number of imidazole rings is 1.